The number of allylic oxidation sites excluding steroid dienone is 1. The molecule has 0 bridgehead atoms. The average molecular weight is 698 g/mol. The molecule has 0 N–H and O–H groups in total. The topological polar surface area (TPSA) is 138 Å². The molecule has 2 unspecified atom stereocenters. The van der Waals surface area contributed by atoms with Gasteiger partial charge >= 0.3 is 13.3 Å². The number of likely N-dealkylation sites (tertiary alicyclic amines) is 1. The molecule has 2 aliphatic heterocycles. The van der Waals surface area contributed by atoms with Crippen molar-refractivity contribution >= 4 is 52.3 Å². The van der Waals surface area contributed by atoms with Crippen molar-refractivity contribution in [3.05, 3.63) is 141 Å². The molecule has 2 atom stereocenters. The van der Waals surface area contributed by atoms with Crippen molar-refractivity contribution in [3.63, 3.8) is 0 Å². The molecule has 2 heterocycles. The van der Waals surface area contributed by atoms with Gasteiger partial charge in [-0.2, -0.15) is 0 Å². The smallest absolute Gasteiger partial charge is 0.358 e. The second kappa shape index (κ2) is 14.1. The molecule has 13 heteroatoms. The van der Waals surface area contributed by atoms with E-state index >= 15 is 0 Å². The summed E-state index contributed by atoms with van der Waals surface area (Å²) in [6.07, 6.45) is 0. The molecule has 49 heavy (non-hydrogen) atoms. The van der Waals surface area contributed by atoms with Crippen LogP contribution in [0.25, 0.3) is 0 Å². The Balaban J connectivity index is 1.32. The Morgan fingerprint density at radius 2 is 1.49 bits per heavy atom. The van der Waals surface area contributed by atoms with E-state index in [-0.39, 0.29) is 30.4 Å². The third-order valence-corrected chi connectivity index (χ3v) is 11.7. The Morgan fingerprint density at radius 3 is 2.06 bits per heavy atom. The summed E-state index contributed by atoms with van der Waals surface area (Å²) in [5.41, 5.74) is 2.11. The van der Waals surface area contributed by atoms with E-state index in [0.717, 1.165) is 11.1 Å². The van der Waals surface area contributed by atoms with Crippen LogP contribution < -0.4 is 15.3 Å². The van der Waals surface area contributed by atoms with E-state index < -0.39 is 35.6 Å². The number of β-lactam (4-membered cyclic amide) rings is 1. The van der Waals surface area contributed by atoms with Gasteiger partial charge in [-0.15, -0.1) is 0 Å². The minimum atomic E-state index is -3.86. The predicted molar refractivity (Wildman–Crippen MR) is 187 cm³/mol. The molecule has 0 aliphatic carbocycles. The van der Waals surface area contributed by atoms with Crippen molar-refractivity contribution in [2.75, 3.05) is 6.61 Å². The number of aryl methyl sites for hydroxylation is 2. The van der Waals surface area contributed by atoms with Crippen LogP contribution in [0.4, 0.5) is 5.69 Å². The molecule has 1 fully saturated rings. The number of thioether (sulfide) groups is 1. The number of carbonyl (C=O) groups excluding carboxylic acids is 2. The quantitative estimate of drug-likeness (QED) is 0.0323. The van der Waals surface area contributed by atoms with Gasteiger partial charge in [0.1, 0.15) is 35.1 Å². The van der Waals surface area contributed by atoms with Crippen LogP contribution in [0.15, 0.2) is 120 Å². The minimum Gasteiger partial charge on any atom is -0.487 e. The first-order valence-corrected chi connectivity index (χ1v) is 17.8. The maximum absolute atomic E-state index is 14.9. The van der Waals surface area contributed by atoms with Gasteiger partial charge in [-0.25, -0.2) is 4.79 Å². The summed E-state index contributed by atoms with van der Waals surface area (Å²) in [6.45, 7) is 5.21. The van der Waals surface area contributed by atoms with Gasteiger partial charge in [0.15, 0.2) is 11.7 Å². The van der Waals surface area contributed by atoms with Crippen LogP contribution in [0, 0.1) is 24.0 Å². The second-order valence-corrected chi connectivity index (χ2v) is 15.0. The molecule has 6 rings (SSSR count). The third kappa shape index (κ3) is 7.16. The van der Waals surface area contributed by atoms with E-state index in [9.17, 15) is 24.3 Å². The summed E-state index contributed by atoms with van der Waals surface area (Å²) in [4.78, 5) is 43.9. The van der Waals surface area contributed by atoms with Crippen LogP contribution in [0.3, 0.4) is 0 Å². The van der Waals surface area contributed by atoms with E-state index in [1.165, 1.54) is 47.9 Å². The van der Waals surface area contributed by atoms with Gasteiger partial charge in [0.2, 0.25) is 0 Å². The highest BCUT2D eigenvalue weighted by atomic mass is 32.2. The molecule has 1 saturated heterocycles. The predicted octanol–water partition coefficient (Wildman–Crippen LogP) is 6.19. The second-order valence-electron chi connectivity index (χ2n) is 11.5. The Morgan fingerprint density at radius 1 is 0.898 bits per heavy atom. The zero-order valence-corrected chi connectivity index (χ0v) is 28.6. The van der Waals surface area contributed by atoms with Gasteiger partial charge < -0.3 is 14.0 Å². The number of rotatable bonds is 12. The van der Waals surface area contributed by atoms with Crippen molar-refractivity contribution in [1.82, 2.24) is 4.90 Å². The average Bonchev–Trinajstić information content (AvgIpc) is 3.48. The first-order valence-electron chi connectivity index (χ1n) is 15.3. The van der Waals surface area contributed by atoms with E-state index in [2.05, 4.69) is 4.99 Å². The molecule has 4 aromatic carbocycles. The van der Waals surface area contributed by atoms with Crippen LogP contribution >= 0.6 is 19.1 Å². The van der Waals surface area contributed by atoms with E-state index in [1.807, 2.05) is 68.4 Å². The number of esters is 1. The lowest BCUT2D eigenvalue weighted by Crippen LogP contribution is -2.61. The highest BCUT2D eigenvalue weighted by Crippen LogP contribution is 2.49. The SMILES string of the molecule is CC(OP(=O)(c1ccc(C)cc1)c1ccc(C)cc1)=C(C(=O)OCc1ccc([N+](=O)[O-])cc1)N1C(=O)C2N=C(COc3ccccc3)SC21. The first kappa shape index (κ1) is 33.7. The van der Waals surface area contributed by atoms with Crippen molar-refractivity contribution < 1.29 is 33.1 Å². The number of para-hydroxylation sites is 1. The normalized spacial score (nSPS) is 17.3. The summed E-state index contributed by atoms with van der Waals surface area (Å²) in [5, 5.41) is 11.9. The number of ether oxygens (including phenoxy) is 2. The lowest BCUT2D eigenvalue weighted by molar-refractivity contribution is -0.384. The van der Waals surface area contributed by atoms with Crippen LogP contribution in [-0.4, -0.2) is 44.8 Å². The van der Waals surface area contributed by atoms with Crippen LogP contribution in [0.5, 0.6) is 5.75 Å². The fraction of sp³-hybridized carbons (Fsp3) is 0.194. The van der Waals surface area contributed by atoms with Gasteiger partial charge in [-0.3, -0.25) is 29.4 Å². The number of hydrogen-bond donors (Lipinski definition) is 0. The number of nitro groups is 1. The van der Waals surface area contributed by atoms with Crippen molar-refractivity contribution in [2.45, 2.75) is 38.8 Å². The van der Waals surface area contributed by atoms with Crippen molar-refractivity contribution in [3.8, 4) is 5.75 Å². The lowest BCUT2D eigenvalue weighted by atomic mass is 10.1. The van der Waals surface area contributed by atoms with E-state index in [4.69, 9.17) is 14.0 Å². The number of carbonyl (C=O) groups is 2. The summed E-state index contributed by atoms with van der Waals surface area (Å²) in [6, 6.07) is 28.2. The number of hydrogen-bond acceptors (Lipinski definition) is 10. The van der Waals surface area contributed by atoms with Crippen LogP contribution in [0.1, 0.15) is 23.6 Å². The molecule has 11 nitrogen and oxygen atoms in total. The molecule has 0 aromatic heterocycles. The fourth-order valence-corrected chi connectivity index (χ4v) is 8.56. The standard InChI is InChI=1S/C36H32N3O8PS/c1-23-9-17-29(18-10-23)48(44,30-19-11-24(2)12-20-30)47-25(3)33(36(41)46-21-26-13-15-27(16-14-26)39(42)43)38-34(40)32-35(38)49-31(37-32)22-45-28-7-5-4-6-8-28/h4-20,32,35H,21-22H2,1-3H3. The molecule has 0 spiro atoms. The number of benzene rings is 4. The van der Waals surface area contributed by atoms with Gasteiger partial charge in [-0.05, 0) is 74.9 Å². The summed E-state index contributed by atoms with van der Waals surface area (Å²) < 4.78 is 32.8. The summed E-state index contributed by atoms with van der Waals surface area (Å²) >= 11 is 1.29. The third-order valence-electron chi connectivity index (χ3n) is 7.96. The number of aliphatic imine (C=N–C) groups is 1. The molecule has 0 radical (unpaired) electrons. The van der Waals surface area contributed by atoms with Crippen molar-refractivity contribution in [2.24, 2.45) is 4.99 Å². The number of nitrogens with zero attached hydrogens (tertiary/aromatic N) is 3. The maximum Gasteiger partial charge on any atom is 0.358 e. The molecule has 1 amide bonds. The minimum absolute atomic E-state index is 0.0698. The fourth-order valence-electron chi connectivity index (χ4n) is 5.30. The molecule has 2 aliphatic rings. The molecule has 250 valence electrons. The van der Waals surface area contributed by atoms with Crippen molar-refractivity contribution in [1.29, 1.82) is 0 Å². The van der Waals surface area contributed by atoms with Crippen LogP contribution in [0.2, 0.25) is 0 Å². The number of nitro benzene ring substituents is 1. The van der Waals surface area contributed by atoms with E-state index in [1.54, 1.807) is 24.3 Å². The Bertz CT molecular complexity index is 1950. The number of non-ortho nitro benzene ring substituents is 1. The Kier molecular flexibility index (Phi) is 9.71. The highest BCUT2D eigenvalue weighted by molar-refractivity contribution is 8.15. The van der Waals surface area contributed by atoms with Gasteiger partial charge in [0.05, 0.1) is 15.5 Å². The molecular formula is C36H32N3O8PS. The molecule has 4 aromatic rings. The monoisotopic (exact) mass is 697 g/mol. The lowest BCUT2D eigenvalue weighted by Gasteiger charge is -2.41. The molecular weight excluding hydrogens is 665 g/mol. The highest BCUT2D eigenvalue weighted by Gasteiger charge is 2.56. The zero-order valence-electron chi connectivity index (χ0n) is 26.8. The number of amides is 1. The maximum atomic E-state index is 14.9. The Hall–Kier alpha value is -5.19. The van der Waals surface area contributed by atoms with Gasteiger partial charge in [0, 0.05) is 12.1 Å². The van der Waals surface area contributed by atoms with E-state index in [0.29, 0.717) is 27.0 Å². The zero-order chi connectivity index (χ0) is 34.7. The van der Waals surface area contributed by atoms with Gasteiger partial charge in [-0.1, -0.05) is 65.4 Å². The number of fused-ring (bicyclic) bond motifs is 1. The summed E-state index contributed by atoms with van der Waals surface area (Å²) in [7, 11) is -3.86. The molecule has 0 saturated carbocycles. The van der Waals surface area contributed by atoms with Crippen LogP contribution in [-0.2, 0) is 30.0 Å². The largest absolute Gasteiger partial charge is 0.487 e. The van der Waals surface area contributed by atoms with Gasteiger partial charge in [0.25, 0.3) is 11.6 Å². The Labute approximate surface area is 287 Å². The first-order chi connectivity index (χ1) is 23.5. The summed E-state index contributed by atoms with van der Waals surface area (Å²) in [5.74, 6) is -0.759.